The molecule has 1 heteroatoms. The molecule has 0 aromatic heterocycles. The van der Waals surface area contributed by atoms with Crippen LogP contribution in [0, 0.1) is 11.8 Å². The first-order valence-corrected chi connectivity index (χ1v) is 8.68. The lowest BCUT2D eigenvalue weighted by molar-refractivity contribution is -0.0195. The molecule has 1 nitrogen and oxygen atoms in total. The number of hydrogen-bond acceptors (Lipinski definition) is 1. The van der Waals surface area contributed by atoms with Crippen LogP contribution in [0.5, 0.6) is 0 Å². The highest BCUT2D eigenvalue weighted by Gasteiger charge is 2.40. The highest BCUT2D eigenvalue weighted by atomic mass is 16.3. The first kappa shape index (κ1) is 15.1. The monoisotopic (exact) mass is 286 g/mol. The standard InChI is InChI=1S/C20H30O/c1-19(2,3)18-10-6-15(7-11-18)13-20(21)12-4-5-17(14-20)16-8-9-16/h6-7,10-11,16-17,21H,4-5,8-9,12-14H2,1-3H3. The number of hydrogen-bond donors (Lipinski definition) is 1. The quantitative estimate of drug-likeness (QED) is 0.841. The van der Waals surface area contributed by atoms with Crippen molar-refractivity contribution in [3.05, 3.63) is 35.4 Å². The molecule has 1 aromatic carbocycles. The molecule has 0 heterocycles. The van der Waals surface area contributed by atoms with Crippen molar-refractivity contribution in [2.45, 2.75) is 76.7 Å². The normalized spacial score (nSPS) is 30.4. The second-order valence-corrected chi connectivity index (χ2v) is 8.54. The molecule has 21 heavy (non-hydrogen) atoms. The third kappa shape index (κ3) is 3.69. The topological polar surface area (TPSA) is 20.2 Å². The molecule has 2 saturated carbocycles. The largest absolute Gasteiger partial charge is 0.390 e. The summed E-state index contributed by atoms with van der Waals surface area (Å²) in [5, 5.41) is 11.0. The zero-order chi connectivity index (χ0) is 15.1. The molecular formula is C20H30O. The second-order valence-electron chi connectivity index (χ2n) is 8.54. The molecular weight excluding hydrogens is 256 g/mol. The van der Waals surface area contributed by atoms with Gasteiger partial charge < -0.3 is 5.11 Å². The van der Waals surface area contributed by atoms with Crippen molar-refractivity contribution >= 4 is 0 Å². The Bertz CT molecular complexity index is 478. The summed E-state index contributed by atoms with van der Waals surface area (Å²) in [5.41, 5.74) is 2.42. The number of aliphatic hydroxyl groups is 1. The molecule has 1 aromatic rings. The molecule has 2 aliphatic carbocycles. The third-order valence-electron chi connectivity index (χ3n) is 5.50. The van der Waals surface area contributed by atoms with Crippen LogP contribution in [0.25, 0.3) is 0 Å². The van der Waals surface area contributed by atoms with Crippen LogP contribution < -0.4 is 0 Å². The van der Waals surface area contributed by atoms with Gasteiger partial charge in [-0.1, -0.05) is 51.5 Å². The van der Waals surface area contributed by atoms with Gasteiger partial charge in [-0.15, -0.1) is 0 Å². The Morgan fingerprint density at radius 1 is 1.05 bits per heavy atom. The molecule has 2 unspecified atom stereocenters. The maximum absolute atomic E-state index is 11.0. The van der Waals surface area contributed by atoms with E-state index in [2.05, 4.69) is 45.0 Å². The van der Waals surface area contributed by atoms with Crippen molar-refractivity contribution in [1.29, 1.82) is 0 Å². The molecule has 0 bridgehead atoms. The molecule has 2 fully saturated rings. The molecule has 0 aliphatic heterocycles. The fraction of sp³-hybridized carbons (Fsp3) is 0.700. The van der Waals surface area contributed by atoms with Gasteiger partial charge in [0.15, 0.2) is 0 Å². The maximum atomic E-state index is 11.0. The van der Waals surface area contributed by atoms with Crippen molar-refractivity contribution in [3.63, 3.8) is 0 Å². The van der Waals surface area contributed by atoms with Gasteiger partial charge in [0.1, 0.15) is 0 Å². The fourth-order valence-corrected chi connectivity index (χ4v) is 4.02. The van der Waals surface area contributed by atoms with Crippen LogP contribution in [0.3, 0.4) is 0 Å². The van der Waals surface area contributed by atoms with Crippen molar-refractivity contribution in [1.82, 2.24) is 0 Å². The minimum Gasteiger partial charge on any atom is -0.390 e. The molecule has 116 valence electrons. The highest BCUT2D eigenvalue weighted by molar-refractivity contribution is 5.28. The van der Waals surface area contributed by atoms with E-state index in [0.717, 1.165) is 31.1 Å². The SMILES string of the molecule is CC(C)(C)c1ccc(CC2(O)CCCC(C3CC3)C2)cc1. The van der Waals surface area contributed by atoms with E-state index in [1.54, 1.807) is 0 Å². The van der Waals surface area contributed by atoms with Crippen LogP contribution in [0.2, 0.25) is 0 Å². The van der Waals surface area contributed by atoms with Gasteiger partial charge in [-0.2, -0.15) is 0 Å². The minimum atomic E-state index is -0.450. The van der Waals surface area contributed by atoms with Gasteiger partial charge in [-0.3, -0.25) is 0 Å². The lowest BCUT2D eigenvalue weighted by Crippen LogP contribution is -2.38. The first-order valence-electron chi connectivity index (χ1n) is 8.68. The average Bonchev–Trinajstić information content (AvgIpc) is 3.22. The van der Waals surface area contributed by atoms with Crippen LogP contribution in [0.4, 0.5) is 0 Å². The Kier molecular flexibility index (Phi) is 3.90. The summed E-state index contributed by atoms with van der Waals surface area (Å²) < 4.78 is 0. The highest BCUT2D eigenvalue weighted by Crippen LogP contribution is 2.47. The van der Waals surface area contributed by atoms with Crippen LogP contribution in [-0.4, -0.2) is 10.7 Å². The van der Waals surface area contributed by atoms with Crippen molar-refractivity contribution in [3.8, 4) is 0 Å². The molecule has 2 aliphatic rings. The van der Waals surface area contributed by atoms with Crippen LogP contribution in [-0.2, 0) is 11.8 Å². The Labute approximate surface area is 129 Å². The van der Waals surface area contributed by atoms with Gasteiger partial charge in [0.05, 0.1) is 5.60 Å². The Hall–Kier alpha value is -0.820. The lowest BCUT2D eigenvalue weighted by Gasteiger charge is -2.37. The van der Waals surface area contributed by atoms with E-state index < -0.39 is 5.60 Å². The molecule has 0 spiro atoms. The lowest BCUT2D eigenvalue weighted by atomic mass is 9.73. The van der Waals surface area contributed by atoms with Crippen molar-refractivity contribution in [2.24, 2.45) is 11.8 Å². The molecule has 0 saturated heterocycles. The minimum absolute atomic E-state index is 0.206. The first-order chi connectivity index (χ1) is 9.86. The number of rotatable bonds is 3. The molecule has 1 N–H and O–H groups in total. The van der Waals surface area contributed by atoms with E-state index in [1.165, 1.54) is 36.8 Å². The predicted octanol–water partition coefficient (Wildman–Crippen LogP) is 4.86. The third-order valence-corrected chi connectivity index (χ3v) is 5.50. The predicted molar refractivity (Wildman–Crippen MR) is 88.5 cm³/mol. The summed E-state index contributed by atoms with van der Waals surface area (Å²) in [6.07, 6.45) is 8.20. The summed E-state index contributed by atoms with van der Waals surface area (Å²) in [4.78, 5) is 0. The van der Waals surface area contributed by atoms with Gasteiger partial charge in [-0.25, -0.2) is 0 Å². The van der Waals surface area contributed by atoms with E-state index >= 15 is 0 Å². The van der Waals surface area contributed by atoms with Gasteiger partial charge in [-0.05, 0) is 60.5 Å². The summed E-state index contributed by atoms with van der Waals surface area (Å²) >= 11 is 0. The van der Waals surface area contributed by atoms with Gasteiger partial charge in [0, 0.05) is 6.42 Å². The summed E-state index contributed by atoms with van der Waals surface area (Å²) in [5.74, 6) is 1.72. The van der Waals surface area contributed by atoms with E-state index in [1.807, 2.05) is 0 Å². The molecule has 0 radical (unpaired) electrons. The Balaban J connectivity index is 1.67. The van der Waals surface area contributed by atoms with E-state index in [-0.39, 0.29) is 5.41 Å². The van der Waals surface area contributed by atoms with Gasteiger partial charge in [0.25, 0.3) is 0 Å². The van der Waals surface area contributed by atoms with E-state index in [4.69, 9.17) is 0 Å². The molecule has 0 amide bonds. The summed E-state index contributed by atoms with van der Waals surface area (Å²) in [6, 6.07) is 8.92. The fourth-order valence-electron chi connectivity index (χ4n) is 4.02. The van der Waals surface area contributed by atoms with Crippen LogP contribution in [0.1, 0.15) is 70.4 Å². The van der Waals surface area contributed by atoms with Crippen molar-refractivity contribution in [2.75, 3.05) is 0 Å². The van der Waals surface area contributed by atoms with E-state index in [0.29, 0.717) is 0 Å². The van der Waals surface area contributed by atoms with Crippen LogP contribution in [0.15, 0.2) is 24.3 Å². The zero-order valence-electron chi connectivity index (χ0n) is 13.9. The second kappa shape index (κ2) is 5.43. The summed E-state index contributed by atoms with van der Waals surface area (Å²) in [7, 11) is 0. The van der Waals surface area contributed by atoms with Crippen LogP contribution >= 0.6 is 0 Å². The van der Waals surface area contributed by atoms with Crippen molar-refractivity contribution < 1.29 is 5.11 Å². The Morgan fingerprint density at radius 2 is 1.71 bits per heavy atom. The van der Waals surface area contributed by atoms with Gasteiger partial charge in [0.2, 0.25) is 0 Å². The van der Waals surface area contributed by atoms with E-state index in [9.17, 15) is 5.11 Å². The zero-order valence-corrected chi connectivity index (χ0v) is 13.9. The summed E-state index contributed by atoms with van der Waals surface area (Å²) in [6.45, 7) is 6.74. The average molecular weight is 286 g/mol. The molecule has 3 rings (SSSR count). The van der Waals surface area contributed by atoms with Gasteiger partial charge >= 0.3 is 0 Å². The smallest absolute Gasteiger partial charge is 0.0690 e. The number of benzene rings is 1. The molecule has 2 atom stereocenters. The Morgan fingerprint density at radius 3 is 2.29 bits per heavy atom. The maximum Gasteiger partial charge on any atom is 0.0690 e.